The van der Waals surface area contributed by atoms with Crippen molar-refractivity contribution < 1.29 is 37.0 Å². The van der Waals surface area contributed by atoms with E-state index in [1.807, 2.05) is 30.3 Å². The Bertz CT molecular complexity index is 1580. The van der Waals surface area contributed by atoms with Gasteiger partial charge in [0.1, 0.15) is 17.9 Å². The molecule has 0 saturated carbocycles. The lowest BCUT2D eigenvalue weighted by atomic mass is 10.1. The summed E-state index contributed by atoms with van der Waals surface area (Å²) in [5, 5.41) is 8.38. The molecule has 0 aliphatic carbocycles. The Morgan fingerprint density at radius 2 is 1.85 bits per heavy atom. The highest BCUT2D eigenvalue weighted by Crippen LogP contribution is 2.33. The Morgan fingerprint density at radius 3 is 2.51 bits per heavy atom. The van der Waals surface area contributed by atoms with Crippen molar-refractivity contribution in [2.45, 2.75) is 25.7 Å². The molecule has 0 aliphatic rings. The highest BCUT2D eigenvalue weighted by Gasteiger charge is 2.39. The fourth-order valence-corrected chi connectivity index (χ4v) is 4.08. The van der Waals surface area contributed by atoms with Gasteiger partial charge in [-0.05, 0) is 24.1 Å². The minimum atomic E-state index is -4.87. The quantitative estimate of drug-likeness (QED) is 0.245. The molecule has 0 unspecified atom stereocenters. The number of nitrogens with two attached hydrogens (primary N) is 1. The number of carbonyl (C=O) groups excluding carboxylic acids is 3. The number of nitrogens with one attached hydrogen (secondary N) is 2. The van der Waals surface area contributed by atoms with Crippen molar-refractivity contribution in [3.8, 4) is 5.75 Å². The third kappa shape index (κ3) is 6.74. The third-order valence-electron chi connectivity index (χ3n) is 5.92. The maximum absolute atomic E-state index is 13.5. The number of rotatable bonds is 10. The van der Waals surface area contributed by atoms with E-state index < -0.39 is 35.3 Å². The molecule has 0 radical (unpaired) electrons. The summed E-state index contributed by atoms with van der Waals surface area (Å²) in [6.07, 6.45) is -4.26. The van der Waals surface area contributed by atoms with Crippen LogP contribution in [0, 0.1) is 0 Å². The number of primary amides is 1. The third-order valence-corrected chi connectivity index (χ3v) is 5.92. The molecule has 0 aliphatic heterocycles. The van der Waals surface area contributed by atoms with Crippen LogP contribution in [0.5, 0.6) is 5.75 Å². The molecule has 0 spiro atoms. The molecule has 3 amide bonds. The first-order chi connectivity index (χ1) is 19.5. The van der Waals surface area contributed by atoms with Gasteiger partial charge in [0.05, 0.1) is 18.2 Å². The Hall–Kier alpha value is -5.08. The van der Waals surface area contributed by atoms with E-state index in [0.717, 1.165) is 16.4 Å². The van der Waals surface area contributed by atoms with Crippen LogP contribution in [0.4, 0.5) is 23.9 Å². The number of hydrogen-bond donors (Lipinski definition) is 3. The number of methoxy groups -OCH3 is 1. The first-order valence-corrected chi connectivity index (χ1v) is 12.2. The van der Waals surface area contributed by atoms with Crippen LogP contribution < -0.4 is 21.1 Å². The van der Waals surface area contributed by atoms with Crippen LogP contribution in [0.2, 0.25) is 0 Å². The van der Waals surface area contributed by atoms with E-state index in [0.29, 0.717) is 11.9 Å². The van der Waals surface area contributed by atoms with Gasteiger partial charge in [-0.15, -0.1) is 0 Å². The molecular formula is C26H26F3N7O5. The lowest BCUT2D eigenvalue weighted by molar-refractivity contribution is -0.141. The molecule has 4 rings (SSSR count). The van der Waals surface area contributed by atoms with Crippen molar-refractivity contribution in [1.82, 2.24) is 24.6 Å². The van der Waals surface area contributed by atoms with Crippen LogP contribution in [0.1, 0.15) is 38.4 Å². The number of nitrogens with zero attached hydrogens (tertiary/aromatic N) is 4. The molecule has 0 fully saturated rings. The van der Waals surface area contributed by atoms with Crippen LogP contribution in [0.3, 0.4) is 0 Å². The first kappa shape index (κ1) is 28.9. The normalized spacial score (nSPS) is 11.3. The van der Waals surface area contributed by atoms with E-state index in [4.69, 9.17) is 15.2 Å². The monoisotopic (exact) mass is 573 g/mol. The first-order valence-electron chi connectivity index (χ1n) is 12.2. The molecule has 4 aromatic rings. The van der Waals surface area contributed by atoms with Crippen LogP contribution in [0.25, 0.3) is 11.0 Å². The van der Waals surface area contributed by atoms with E-state index in [-0.39, 0.29) is 42.5 Å². The number of halogens is 3. The summed E-state index contributed by atoms with van der Waals surface area (Å²) in [7, 11) is 2.61. The zero-order valence-electron chi connectivity index (χ0n) is 22.0. The number of ether oxygens (including phenoxy) is 2. The number of imidazole rings is 1. The van der Waals surface area contributed by atoms with Crippen LogP contribution >= 0.6 is 0 Å². The van der Waals surface area contributed by atoms with Gasteiger partial charge in [0, 0.05) is 31.9 Å². The fourth-order valence-electron chi connectivity index (χ4n) is 4.08. The maximum Gasteiger partial charge on any atom is 0.435 e. The minimum absolute atomic E-state index is 0.0753. The second kappa shape index (κ2) is 12.0. The zero-order valence-corrected chi connectivity index (χ0v) is 22.0. The van der Waals surface area contributed by atoms with Crippen molar-refractivity contribution in [2.24, 2.45) is 12.8 Å². The molecule has 41 heavy (non-hydrogen) atoms. The predicted molar refractivity (Wildman–Crippen MR) is 140 cm³/mol. The molecule has 2 heterocycles. The summed E-state index contributed by atoms with van der Waals surface area (Å²) in [4.78, 5) is 41.2. The molecule has 216 valence electrons. The Balaban J connectivity index is 1.56. The van der Waals surface area contributed by atoms with Crippen molar-refractivity contribution in [3.63, 3.8) is 0 Å². The van der Waals surface area contributed by atoms with Crippen LogP contribution in [-0.2, 0) is 31.1 Å². The number of anilines is 1. The van der Waals surface area contributed by atoms with Crippen molar-refractivity contribution in [2.75, 3.05) is 19.0 Å². The topological polar surface area (TPSA) is 155 Å². The van der Waals surface area contributed by atoms with Crippen molar-refractivity contribution in [3.05, 3.63) is 71.0 Å². The highest BCUT2D eigenvalue weighted by atomic mass is 19.4. The summed E-state index contributed by atoms with van der Waals surface area (Å²) < 4.78 is 53.4. The average molecular weight is 574 g/mol. The van der Waals surface area contributed by atoms with Gasteiger partial charge >= 0.3 is 12.3 Å². The van der Waals surface area contributed by atoms with E-state index >= 15 is 0 Å². The smallest absolute Gasteiger partial charge is 0.435 e. The molecule has 15 heteroatoms. The van der Waals surface area contributed by atoms with E-state index in [2.05, 4.69) is 20.7 Å². The Morgan fingerprint density at radius 1 is 1.12 bits per heavy atom. The molecular weight excluding hydrogens is 547 g/mol. The number of amides is 3. The van der Waals surface area contributed by atoms with Gasteiger partial charge in [-0.25, -0.2) is 9.78 Å². The fraction of sp³-hybridized carbons (Fsp3) is 0.269. The van der Waals surface area contributed by atoms with Gasteiger partial charge in [-0.1, -0.05) is 30.3 Å². The molecule has 2 aromatic heterocycles. The molecule has 0 bridgehead atoms. The van der Waals surface area contributed by atoms with Crippen LogP contribution in [0.15, 0.2) is 48.7 Å². The standard InChI is InChI=1S/C26H26F3N7O5/c1-35-13-17(21(34-35)26(27,28)29)23(38)33-24-32-18-11-16(22(30)37)12-19(40-2)20(18)36(24)10-6-9-31-25(39)41-14-15-7-4-3-5-8-15/h3-5,7-8,11-13H,6,9-10,14H2,1-2H3,(H2,30,37)(H,31,39)(H,32,33,38). The predicted octanol–water partition coefficient (Wildman–Crippen LogP) is 3.46. The summed E-state index contributed by atoms with van der Waals surface area (Å²) >= 11 is 0. The molecule has 2 aromatic carbocycles. The molecule has 12 nitrogen and oxygen atoms in total. The number of carbonyl (C=O) groups is 3. The summed E-state index contributed by atoms with van der Waals surface area (Å²) in [6, 6.07) is 11.9. The number of fused-ring (bicyclic) bond motifs is 1. The van der Waals surface area contributed by atoms with Gasteiger partial charge in [-0.2, -0.15) is 18.3 Å². The number of aryl methyl sites for hydroxylation is 2. The van der Waals surface area contributed by atoms with Gasteiger partial charge in [0.15, 0.2) is 5.69 Å². The largest absolute Gasteiger partial charge is 0.494 e. The molecule has 0 saturated heterocycles. The number of aromatic nitrogens is 4. The van der Waals surface area contributed by atoms with Gasteiger partial charge in [0.2, 0.25) is 11.9 Å². The molecule has 4 N–H and O–H groups in total. The van der Waals surface area contributed by atoms with Gasteiger partial charge < -0.3 is 25.1 Å². The zero-order chi connectivity index (χ0) is 29.7. The van der Waals surface area contributed by atoms with Gasteiger partial charge in [0.25, 0.3) is 5.91 Å². The van der Waals surface area contributed by atoms with E-state index in [1.165, 1.54) is 30.9 Å². The number of benzene rings is 2. The van der Waals surface area contributed by atoms with Crippen molar-refractivity contribution >= 4 is 34.9 Å². The summed E-state index contributed by atoms with van der Waals surface area (Å²) in [5.41, 5.74) is 4.80. The second-order valence-electron chi connectivity index (χ2n) is 8.86. The summed E-state index contributed by atoms with van der Waals surface area (Å²) in [5.74, 6) is -1.78. The highest BCUT2D eigenvalue weighted by molar-refractivity contribution is 6.05. The lowest BCUT2D eigenvalue weighted by Crippen LogP contribution is -2.26. The van der Waals surface area contributed by atoms with Gasteiger partial charge in [-0.3, -0.25) is 19.6 Å². The van der Waals surface area contributed by atoms with Crippen molar-refractivity contribution in [1.29, 1.82) is 0 Å². The number of alkyl carbamates (subject to hydrolysis) is 1. The number of hydrogen-bond acceptors (Lipinski definition) is 7. The second-order valence-corrected chi connectivity index (χ2v) is 8.86. The molecule has 0 atom stereocenters. The maximum atomic E-state index is 13.5. The lowest BCUT2D eigenvalue weighted by Gasteiger charge is -2.13. The number of alkyl halides is 3. The minimum Gasteiger partial charge on any atom is -0.494 e. The average Bonchev–Trinajstić information content (AvgIpc) is 3.50. The van der Waals surface area contributed by atoms with Crippen LogP contribution in [-0.4, -0.2) is 50.9 Å². The Kier molecular flexibility index (Phi) is 8.45. The summed E-state index contributed by atoms with van der Waals surface area (Å²) in [6.45, 7) is 0.377. The SMILES string of the molecule is COc1cc(C(N)=O)cc2nc(NC(=O)c3cn(C)nc3C(F)(F)F)n(CCCNC(=O)OCc3ccccc3)c12. The van der Waals surface area contributed by atoms with E-state index in [1.54, 1.807) is 0 Å². The van der Waals surface area contributed by atoms with E-state index in [9.17, 15) is 27.6 Å². The Labute approximate surface area is 231 Å².